The standard InChI is InChI=1S/C16H17BrN4/c17-15-9-5-4-8-14(15)12-20-21-16(18)19-11-10-13-6-2-1-3-7-13/h1-9,12H,10-11H2,(H3,18,19,21). The van der Waals surface area contributed by atoms with Crippen LogP contribution in [-0.2, 0) is 6.42 Å². The zero-order valence-electron chi connectivity index (χ0n) is 11.5. The summed E-state index contributed by atoms with van der Waals surface area (Å²) in [4.78, 5) is 4.23. The molecule has 0 aliphatic heterocycles. The second-order valence-corrected chi connectivity index (χ2v) is 5.25. The van der Waals surface area contributed by atoms with Gasteiger partial charge in [0.1, 0.15) is 0 Å². The molecular formula is C16H17BrN4. The number of benzene rings is 2. The Balaban J connectivity index is 1.80. The van der Waals surface area contributed by atoms with Gasteiger partial charge in [0.2, 0.25) is 5.96 Å². The third-order valence-electron chi connectivity index (χ3n) is 2.81. The largest absolute Gasteiger partial charge is 0.369 e. The lowest BCUT2D eigenvalue weighted by Crippen LogP contribution is -2.27. The van der Waals surface area contributed by atoms with E-state index in [1.165, 1.54) is 5.56 Å². The second-order valence-electron chi connectivity index (χ2n) is 4.39. The molecule has 108 valence electrons. The molecule has 0 saturated heterocycles. The topological polar surface area (TPSA) is 62.8 Å². The van der Waals surface area contributed by atoms with Gasteiger partial charge in [-0.2, -0.15) is 5.10 Å². The van der Waals surface area contributed by atoms with Crippen LogP contribution >= 0.6 is 15.9 Å². The summed E-state index contributed by atoms with van der Waals surface area (Å²) in [5.74, 6) is 0.314. The van der Waals surface area contributed by atoms with Crippen molar-refractivity contribution in [3.63, 3.8) is 0 Å². The van der Waals surface area contributed by atoms with Gasteiger partial charge in [-0.25, -0.2) is 5.43 Å². The smallest absolute Gasteiger partial charge is 0.209 e. The first-order valence-electron chi connectivity index (χ1n) is 6.63. The first-order chi connectivity index (χ1) is 10.3. The number of halogens is 1. The van der Waals surface area contributed by atoms with Crippen molar-refractivity contribution in [3.05, 3.63) is 70.2 Å². The van der Waals surface area contributed by atoms with Crippen molar-refractivity contribution >= 4 is 28.1 Å². The zero-order chi connectivity index (χ0) is 14.9. The molecule has 0 aliphatic carbocycles. The molecule has 0 heterocycles. The summed E-state index contributed by atoms with van der Waals surface area (Å²) in [5.41, 5.74) is 10.7. The van der Waals surface area contributed by atoms with Gasteiger partial charge in [-0.1, -0.05) is 64.5 Å². The van der Waals surface area contributed by atoms with Gasteiger partial charge in [0.05, 0.1) is 6.21 Å². The lowest BCUT2D eigenvalue weighted by Gasteiger charge is -2.01. The summed E-state index contributed by atoms with van der Waals surface area (Å²) >= 11 is 3.45. The molecule has 0 saturated carbocycles. The van der Waals surface area contributed by atoms with E-state index in [-0.39, 0.29) is 0 Å². The van der Waals surface area contributed by atoms with E-state index in [1.54, 1.807) is 6.21 Å². The van der Waals surface area contributed by atoms with E-state index < -0.39 is 0 Å². The molecule has 0 aromatic heterocycles. The highest BCUT2D eigenvalue weighted by Gasteiger charge is 1.94. The number of hydrogen-bond donors (Lipinski definition) is 2. The van der Waals surface area contributed by atoms with Gasteiger partial charge in [0, 0.05) is 16.6 Å². The van der Waals surface area contributed by atoms with Gasteiger partial charge in [0.15, 0.2) is 0 Å². The Morgan fingerprint density at radius 2 is 1.81 bits per heavy atom. The molecule has 2 aromatic rings. The fraction of sp³-hybridized carbons (Fsp3) is 0.125. The highest BCUT2D eigenvalue weighted by Crippen LogP contribution is 2.13. The molecule has 0 radical (unpaired) electrons. The molecule has 0 unspecified atom stereocenters. The van der Waals surface area contributed by atoms with Gasteiger partial charge in [0.25, 0.3) is 0 Å². The molecular weight excluding hydrogens is 328 g/mol. The minimum atomic E-state index is 0.314. The molecule has 0 atom stereocenters. The number of nitrogens with one attached hydrogen (secondary N) is 1. The summed E-state index contributed by atoms with van der Waals surface area (Å²) in [7, 11) is 0. The van der Waals surface area contributed by atoms with Crippen molar-refractivity contribution in [3.8, 4) is 0 Å². The Hall–Kier alpha value is -2.14. The third kappa shape index (κ3) is 5.39. The van der Waals surface area contributed by atoms with Gasteiger partial charge in [-0.05, 0) is 18.1 Å². The number of nitrogens with two attached hydrogens (primary N) is 1. The fourth-order valence-corrected chi connectivity index (χ4v) is 2.12. The van der Waals surface area contributed by atoms with E-state index in [4.69, 9.17) is 5.73 Å². The van der Waals surface area contributed by atoms with Crippen molar-refractivity contribution in [2.24, 2.45) is 15.8 Å². The van der Waals surface area contributed by atoms with Gasteiger partial charge in [-0.15, -0.1) is 0 Å². The van der Waals surface area contributed by atoms with Crippen molar-refractivity contribution in [1.82, 2.24) is 5.43 Å². The quantitative estimate of drug-likeness (QED) is 0.497. The lowest BCUT2D eigenvalue weighted by atomic mass is 10.2. The Bertz CT molecular complexity index is 623. The summed E-state index contributed by atoms with van der Waals surface area (Å²) < 4.78 is 0.982. The van der Waals surface area contributed by atoms with Crippen LogP contribution in [0.4, 0.5) is 0 Å². The van der Waals surface area contributed by atoms with Gasteiger partial charge in [-0.3, -0.25) is 4.99 Å². The van der Waals surface area contributed by atoms with Crippen LogP contribution in [0, 0.1) is 0 Å². The minimum absolute atomic E-state index is 0.314. The summed E-state index contributed by atoms with van der Waals surface area (Å²) in [5, 5.41) is 4.07. The van der Waals surface area contributed by atoms with E-state index in [9.17, 15) is 0 Å². The van der Waals surface area contributed by atoms with E-state index >= 15 is 0 Å². The molecule has 4 nitrogen and oxygen atoms in total. The first-order valence-corrected chi connectivity index (χ1v) is 7.42. The number of aliphatic imine (C=N–C) groups is 1. The predicted octanol–water partition coefficient (Wildman–Crippen LogP) is 2.93. The molecule has 2 rings (SSSR count). The third-order valence-corrected chi connectivity index (χ3v) is 3.54. The number of guanidine groups is 1. The van der Waals surface area contributed by atoms with Crippen LogP contribution in [0.1, 0.15) is 11.1 Å². The van der Waals surface area contributed by atoms with Gasteiger partial charge >= 0.3 is 0 Å². The Morgan fingerprint density at radius 1 is 1.10 bits per heavy atom. The van der Waals surface area contributed by atoms with Crippen molar-refractivity contribution in [1.29, 1.82) is 0 Å². The molecule has 0 amide bonds. The average molecular weight is 345 g/mol. The van der Waals surface area contributed by atoms with E-state index in [0.29, 0.717) is 12.5 Å². The van der Waals surface area contributed by atoms with Crippen LogP contribution < -0.4 is 11.2 Å². The summed E-state index contributed by atoms with van der Waals surface area (Å²) in [6, 6.07) is 18.0. The van der Waals surface area contributed by atoms with E-state index in [0.717, 1.165) is 16.5 Å². The van der Waals surface area contributed by atoms with Crippen molar-refractivity contribution in [2.75, 3.05) is 6.54 Å². The normalized spacial score (nSPS) is 11.8. The van der Waals surface area contributed by atoms with E-state index in [2.05, 4.69) is 43.6 Å². The monoisotopic (exact) mass is 344 g/mol. The molecule has 5 heteroatoms. The Kier molecular flexibility index (Phi) is 5.97. The van der Waals surface area contributed by atoms with Crippen LogP contribution in [0.25, 0.3) is 0 Å². The Morgan fingerprint density at radius 3 is 2.57 bits per heavy atom. The number of hydrazone groups is 1. The SMILES string of the molecule is NC(=NCCc1ccccc1)NN=Cc1ccccc1Br. The predicted molar refractivity (Wildman–Crippen MR) is 91.5 cm³/mol. The van der Waals surface area contributed by atoms with Crippen molar-refractivity contribution < 1.29 is 0 Å². The second kappa shape index (κ2) is 8.21. The maximum absolute atomic E-state index is 5.75. The number of hydrogen-bond acceptors (Lipinski definition) is 2. The van der Waals surface area contributed by atoms with Crippen molar-refractivity contribution in [2.45, 2.75) is 6.42 Å². The Labute approximate surface area is 132 Å². The van der Waals surface area contributed by atoms with Crippen LogP contribution in [-0.4, -0.2) is 18.7 Å². The first kappa shape index (κ1) is 15.3. The summed E-state index contributed by atoms with van der Waals surface area (Å²) in [6.45, 7) is 0.632. The summed E-state index contributed by atoms with van der Waals surface area (Å²) in [6.07, 6.45) is 2.56. The lowest BCUT2D eigenvalue weighted by molar-refractivity contribution is 0.926. The van der Waals surface area contributed by atoms with Gasteiger partial charge < -0.3 is 5.73 Å². The maximum atomic E-state index is 5.75. The van der Waals surface area contributed by atoms with Crippen LogP contribution in [0.2, 0.25) is 0 Å². The fourth-order valence-electron chi connectivity index (χ4n) is 1.73. The maximum Gasteiger partial charge on any atom is 0.209 e. The number of nitrogens with zero attached hydrogens (tertiary/aromatic N) is 2. The minimum Gasteiger partial charge on any atom is -0.369 e. The molecule has 0 fully saturated rings. The molecule has 2 aromatic carbocycles. The molecule has 21 heavy (non-hydrogen) atoms. The molecule has 0 aliphatic rings. The highest BCUT2D eigenvalue weighted by atomic mass is 79.9. The molecule has 3 N–H and O–H groups in total. The van der Waals surface area contributed by atoms with Crippen LogP contribution in [0.5, 0.6) is 0 Å². The molecule has 0 bridgehead atoms. The zero-order valence-corrected chi connectivity index (χ0v) is 13.1. The highest BCUT2D eigenvalue weighted by molar-refractivity contribution is 9.10. The number of rotatable bonds is 5. The average Bonchev–Trinajstić information content (AvgIpc) is 2.50. The molecule has 0 spiro atoms. The van der Waals surface area contributed by atoms with Crippen LogP contribution in [0.3, 0.4) is 0 Å². The van der Waals surface area contributed by atoms with E-state index in [1.807, 2.05) is 42.5 Å². The van der Waals surface area contributed by atoms with Crippen LogP contribution in [0.15, 0.2) is 69.2 Å².